The molecule has 0 spiro atoms. The molecule has 1 atom stereocenters. The minimum absolute atomic E-state index is 0.0112. The highest BCUT2D eigenvalue weighted by Crippen LogP contribution is 2.26. The van der Waals surface area contributed by atoms with Gasteiger partial charge in [0.25, 0.3) is 11.6 Å². The Balaban J connectivity index is 1.97. The number of benzene rings is 2. The molecule has 150 valence electrons. The lowest BCUT2D eigenvalue weighted by molar-refractivity contribution is -0.385. The first-order valence-corrected chi connectivity index (χ1v) is 8.86. The Morgan fingerprint density at radius 1 is 1.21 bits per heavy atom. The van der Waals surface area contributed by atoms with E-state index >= 15 is 0 Å². The van der Waals surface area contributed by atoms with Gasteiger partial charge in [0.2, 0.25) is 0 Å². The zero-order valence-electron chi connectivity index (χ0n) is 16.1. The number of para-hydroxylation sites is 2. The number of nitro groups is 1. The number of aliphatic hydroxyl groups is 1. The summed E-state index contributed by atoms with van der Waals surface area (Å²) >= 11 is 0. The van der Waals surface area contributed by atoms with Gasteiger partial charge >= 0.3 is 0 Å². The lowest BCUT2D eigenvalue weighted by Crippen LogP contribution is -2.37. The van der Waals surface area contributed by atoms with E-state index in [0.717, 1.165) is 0 Å². The first-order valence-electron chi connectivity index (χ1n) is 8.86. The van der Waals surface area contributed by atoms with Crippen molar-refractivity contribution in [3.8, 4) is 11.5 Å². The number of rotatable bonds is 9. The van der Waals surface area contributed by atoms with Gasteiger partial charge in [-0.15, -0.1) is 0 Å². The van der Waals surface area contributed by atoms with Crippen molar-refractivity contribution in [2.45, 2.75) is 20.0 Å². The first-order chi connectivity index (χ1) is 13.3. The zero-order chi connectivity index (χ0) is 20.7. The van der Waals surface area contributed by atoms with Gasteiger partial charge in [0, 0.05) is 30.8 Å². The van der Waals surface area contributed by atoms with Gasteiger partial charge in [-0.25, -0.2) is 0 Å². The third-order valence-electron chi connectivity index (χ3n) is 4.06. The van der Waals surface area contributed by atoms with Crippen molar-refractivity contribution >= 4 is 11.6 Å². The molecule has 0 radical (unpaired) electrons. The Morgan fingerprint density at radius 2 is 1.86 bits per heavy atom. The number of nitro benzene ring substituents is 1. The molecule has 0 aliphatic rings. The molecule has 0 bridgehead atoms. The Morgan fingerprint density at radius 3 is 2.46 bits per heavy atom. The van der Waals surface area contributed by atoms with Crippen molar-refractivity contribution in [3.05, 3.63) is 63.7 Å². The molecule has 0 fully saturated rings. The Kier molecular flexibility index (Phi) is 7.34. The Labute approximate surface area is 163 Å². The van der Waals surface area contributed by atoms with E-state index in [-0.39, 0.29) is 24.4 Å². The molecular weight excluding hydrogens is 364 g/mol. The third kappa shape index (κ3) is 5.43. The van der Waals surface area contributed by atoms with E-state index in [1.807, 2.05) is 13.0 Å². The second kappa shape index (κ2) is 9.70. The maximum Gasteiger partial charge on any atom is 0.273 e. The molecule has 1 unspecified atom stereocenters. The molecule has 0 saturated carbocycles. The number of hydrogen-bond acceptors (Lipinski definition) is 6. The van der Waals surface area contributed by atoms with Gasteiger partial charge in [-0.1, -0.05) is 18.2 Å². The van der Waals surface area contributed by atoms with Gasteiger partial charge in [0.05, 0.1) is 11.5 Å². The third-order valence-corrected chi connectivity index (χ3v) is 4.06. The summed E-state index contributed by atoms with van der Waals surface area (Å²) in [5, 5.41) is 21.3. The average Bonchev–Trinajstić information content (AvgIpc) is 2.67. The smallest absolute Gasteiger partial charge is 0.273 e. The summed E-state index contributed by atoms with van der Waals surface area (Å²) < 4.78 is 11.1. The van der Waals surface area contributed by atoms with Crippen LogP contribution in [0.2, 0.25) is 0 Å². The second-order valence-corrected chi connectivity index (χ2v) is 6.29. The summed E-state index contributed by atoms with van der Waals surface area (Å²) in [5.41, 5.74) is 0.552. The van der Waals surface area contributed by atoms with Gasteiger partial charge in [0.15, 0.2) is 11.5 Å². The van der Waals surface area contributed by atoms with Crippen LogP contribution in [0.3, 0.4) is 0 Å². The van der Waals surface area contributed by atoms with Gasteiger partial charge in [-0.05, 0) is 32.0 Å². The Bertz CT molecular complexity index is 839. The maximum absolute atomic E-state index is 12.5. The number of amides is 1. The molecule has 0 saturated heterocycles. The van der Waals surface area contributed by atoms with Crippen LogP contribution in [-0.2, 0) is 0 Å². The van der Waals surface area contributed by atoms with Gasteiger partial charge in [-0.2, -0.15) is 0 Å². The zero-order valence-corrected chi connectivity index (χ0v) is 16.1. The number of nitrogens with zero attached hydrogens (tertiary/aromatic N) is 2. The van der Waals surface area contributed by atoms with Crippen molar-refractivity contribution in [3.63, 3.8) is 0 Å². The van der Waals surface area contributed by atoms with Gasteiger partial charge in [0.1, 0.15) is 12.7 Å². The fraction of sp³-hybridized carbons (Fsp3) is 0.350. The molecule has 0 aliphatic heterocycles. The summed E-state index contributed by atoms with van der Waals surface area (Å²) in [5.74, 6) is 0.664. The van der Waals surface area contributed by atoms with Gasteiger partial charge in [-0.3, -0.25) is 14.9 Å². The highest BCUT2D eigenvalue weighted by molar-refractivity contribution is 5.94. The SMILES string of the molecule is CCOc1ccccc1OCC(O)CN(C)C(=O)c1ccc(C)c([N+](=O)[O-])c1. The van der Waals surface area contributed by atoms with Crippen molar-refractivity contribution in [1.82, 2.24) is 4.90 Å². The van der Waals surface area contributed by atoms with E-state index < -0.39 is 16.9 Å². The van der Waals surface area contributed by atoms with E-state index in [9.17, 15) is 20.0 Å². The molecule has 2 rings (SSSR count). The van der Waals surface area contributed by atoms with Crippen LogP contribution in [-0.4, -0.2) is 53.7 Å². The minimum atomic E-state index is -0.941. The number of carbonyl (C=O) groups is 1. The van der Waals surface area contributed by atoms with Crippen molar-refractivity contribution < 1.29 is 24.3 Å². The molecule has 1 N–H and O–H groups in total. The van der Waals surface area contributed by atoms with E-state index in [1.165, 1.54) is 30.1 Å². The molecular formula is C20H24N2O6. The van der Waals surface area contributed by atoms with E-state index in [1.54, 1.807) is 25.1 Å². The van der Waals surface area contributed by atoms with Crippen molar-refractivity contribution in [2.75, 3.05) is 26.8 Å². The van der Waals surface area contributed by atoms with Crippen molar-refractivity contribution in [2.24, 2.45) is 0 Å². The van der Waals surface area contributed by atoms with Crippen LogP contribution in [0.1, 0.15) is 22.8 Å². The van der Waals surface area contributed by atoms with Crippen LogP contribution >= 0.6 is 0 Å². The maximum atomic E-state index is 12.5. The molecule has 0 aliphatic carbocycles. The number of aryl methyl sites for hydroxylation is 1. The molecule has 8 heteroatoms. The molecule has 0 aromatic heterocycles. The number of carbonyl (C=O) groups excluding carboxylic acids is 1. The largest absolute Gasteiger partial charge is 0.490 e. The monoisotopic (exact) mass is 388 g/mol. The summed E-state index contributed by atoms with van der Waals surface area (Å²) in [6, 6.07) is 11.4. The fourth-order valence-electron chi connectivity index (χ4n) is 2.64. The lowest BCUT2D eigenvalue weighted by Gasteiger charge is -2.21. The number of ether oxygens (including phenoxy) is 2. The summed E-state index contributed by atoms with van der Waals surface area (Å²) in [6.45, 7) is 3.94. The minimum Gasteiger partial charge on any atom is -0.490 e. The number of hydrogen-bond donors (Lipinski definition) is 1. The number of likely N-dealkylation sites (N-methyl/N-ethyl adjacent to an activating group) is 1. The summed E-state index contributed by atoms with van der Waals surface area (Å²) in [6.07, 6.45) is -0.941. The van der Waals surface area contributed by atoms with Gasteiger partial charge < -0.3 is 19.5 Å². The normalized spacial score (nSPS) is 11.6. The molecule has 28 heavy (non-hydrogen) atoms. The molecule has 8 nitrogen and oxygen atoms in total. The predicted molar refractivity (Wildman–Crippen MR) is 104 cm³/mol. The van der Waals surface area contributed by atoms with Crippen molar-refractivity contribution in [1.29, 1.82) is 0 Å². The summed E-state index contributed by atoms with van der Waals surface area (Å²) in [7, 11) is 1.52. The average molecular weight is 388 g/mol. The second-order valence-electron chi connectivity index (χ2n) is 6.29. The predicted octanol–water partition coefficient (Wildman–Crippen LogP) is 2.81. The highest BCUT2D eigenvalue weighted by Gasteiger charge is 2.20. The first kappa shape index (κ1) is 21.2. The molecule has 0 heterocycles. The standard InChI is InChI=1S/C20H24N2O6/c1-4-27-18-7-5-6-8-19(18)28-13-16(23)12-21(3)20(24)15-10-9-14(2)17(11-15)22(25)26/h5-11,16,23H,4,12-13H2,1-3H3. The fourth-order valence-corrected chi connectivity index (χ4v) is 2.64. The van der Waals surface area contributed by atoms with Crippen LogP contribution < -0.4 is 9.47 Å². The van der Waals surface area contributed by atoms with Crippen LogP contribution in [0.25, 0.3) is 0 Å². The van der Waals surface area contributed by atoms with E-state index in [0.29, 0.717) is 23.7 Å². The molecule has 1 amide bonds. The van der Waals surface area contributed by atoms with Crippen LogP contribution in [0.15, 0.2) is 42.5 Å². The van der Waals surface area contributed by atoms with Crippen LogP contribution in [0.5, 0.6) is 11.5 Å². The number of aliphatic hydroxyl groups excluding tert-OH is 1. The quantitative estimate of drug-likeness (QED) is 0.523. The van der Waals surface area contributed by atoms with Crippen LogP contribution in [0, 0.1) is 17.0 Å². The molecule has 2 aromatic rings. The molecule has 2 aromatic carbocycles. The van der Waals surface area contributed by atoms with Crippen LogP contribution in [0.4, 0.5) is 5.69 Å². The van der Waals surface area contributed by atoms with E-state index in [4.69, 9.17) is 9.47 Å². The summed E-state index contributed by atoms with van der Waals surface area (Å²) in [4.78, 5) is 24.3. The Hall–Kier alpha value is -3.13. The van der Waals surface area contributed by atoms with E-state index in [2.05, 4.69) is 0 Å². The topological polar surface area (TPSA) is 102 Å². The lowest BCUT2D eigenvalue weighted by atomic mass is 10.1. The highest BCUT2D eigenvalue weighted by atomic mass is 16.6.